The van der Waals surface area contributed by atoms with E-state index in [2.05, 4.69) is 21.3 Å². The molecule has 7 N–H and O–H groups in total. The van der Waals surface area contributed by atoms with Gasteiger partial charge in [-0.15, -0.1) is 0 Å². The van der Waals surface area contributed by atoms with Gasteiger partial charge in [0.25, 0.3) is 5.91 Å². The Morgan fingerprint density at radius 1 is 0.755 bits per heavy atom. The average molecular weight is 1320 g/mol. The number of ether oxygens (including phenoxy) is 3. The van der Waals surface area contributed by atoms with Crippen LogP contribution in [-0.4, -0.2) is 180 Å². The lowest BCUT2D eigenvalue weighted by molar-refractivity contribution is -0.149. The highest BCUT2D eigenvalue weighted by Crippen LogP contribution is 2.32. The molecule has 2 heterocycles. The number of unbranched alkanes of at least 4 members (excludes halogenated alkanes) is 2. The minimum absolute atomic E-state index is 0.0825. The van der Waals surface area contributed by atoms with Crippen molar-refractivity contribution in [1.29, 1.82) is 0 Å². The molecule has 24 nitrogen and oxygen atoms in total. The number of amides is 10. The molecule has 24 heteroatoms. The zero-order chi connectivity index (χ0) is 70.1. The first-order valence-electron chi connectivity index (χ1n) is 33.6. The number of ketones is 2. The molecule has 94 heavy (non-hydrogen) atoms. The molecule has 0 bridgehead atoms. The lowest BCUT2D eigenvalue weighted by atomic mass is 9.83. The van der Waals surface area contributed by atoms with E-state index in [4.69, 9.17) is 19.9 Å². The van der Waals surface area contributed by atoms with Crippen molar-refractivity contribution in [3.05, 3.63) is 65.7 Å². The molecule has 2 aliphatic rings. The van der Waals surface area contributed by atoms with E-state index in [1.807, 2.05) is 58.0 Å². The van der Waals surface area contributed by atoms with Crippen LogP contribution in [0.15, 0.2) is 54.6 Å². The molecule has 10 amide bonds. The number of hydrogen-bond acceptors (Lipinski definition) is 15. The summed E-state index contributed by atoms with van der Waals surface area (Å²) < 4.78 is 17.3. The summed E-state index contributed by atoms with van der Waals surface area (Å²) in [6.45, 7) is 19.1. The highest BCUT2D eigenvalue weighted by molar-refractivity contribution is 6.03. The molecule has 2 saturated heterocycles. The predicted molar refractivity (Wildman–Crippen MR) is 356 cm³/mol. The van der Waals surface area contributed by atoms with E-state index >= 15 is 0 Å². The van der Waals surface area contributed by atoms with Gasteiger partial charge in [0.05, 0.1) is 30.7 Å². The largest absolute Gasteiger partial charge is 0.445 e. The van der Waals surface area contributed by atoms with Crippen molar-refractivity contribution in [1.82, 2.24) is 35.6 Å². The van der Waals surface area contributed by atoms with Crippen LogP contribution in [0.2, 0.25) is 0 Å². The topological polar surface area (TPSA) is 323 Å². The molecule has 0 spiro atoms. The lowest BCUT2D eigenvalue weighted by Crippen LogP contribution is -2.54. The Bertz CT molecular complexity index is 2840. The molecule has 12 atom stereocenters. The number of benzene rings is 2. The number of Topliss-reactive ketones (excluding diaryl/α,β-unsaturated/α-hetero) is 2. The summed E-state index contributed by atoms with van der Waals surface area (Å²) >= 11 is 0. The molecule has 0 saturated carbocycles. The third kappa shape index (κ3) is 23.6. The number of carbonyl (C=O) groups is 11. The zero-order valence-electron chi connectivity index (χ0n) is 58.1. The van der Waals surface area contributed by atoms with Gasteiger partial charge in [0.1, 0.15) is 18.9 Å². The fourth-order valence-corrected chi connectivity index (χ4v) is 12.8. The number of imide groups is 1. The smallest absolute Gasteiger partial charge is 0.410 e. The number of aliphatic hydroxyl groups is 1. The summed E-state index contributed by atoms with van der Waals surface area (Å²) in [4.78, 5) is 153. The highest BCUT2D eigenvalue weighted by atomic mass is 16.6. The van der Waals surface area contributed by atoms with Gasteiger partial charge in [0, 0.05) is 115 Å². The van der Waals surface area contributed by atoms with Gasteiger partial charge in [-0.1, -0.05) is 125 Å². The predicted octanol–water partition coefficient (Wildman–Crippen LogP) is 7.17. The van der Waals surface area contributed by atoms with Crippen LogP contribution in [-0.2, 0) is 70.4 Å². The summed E-state index contributed by atoms with van der Waals surface area (Å²) in [7, 11) is 6.14. The lowest BCUT2D eigenvalue weighted by Gasteiger charge is -2.41. The van der Waals surface area contributed by atoms with E-state index in [0.29, 0.717) is 75.7 Å². The summed E-state index contributed by atoms with van der Waals surface area (Å²) in [5.74, 6) is -6.76. The van der Waals surface area contributed by atoms with Crippen LogP contribution in [0.25, 0.3) is 0 Å². The van der Waals surface area contributed by atoms with E-state index in [0.717, 1.165) is 5.56 Å². The highest BCUT2D eigenvalue weighted by Gasteiger charge is 2.44. The van der Waals surface area contributed by atoms with E-state index in [1.54, 1.807) is 82.7 Å². The number of nitrogens with two attached hydrogens (primary N) is 1. The number of anilines is 1. The fraction of sp³-hybridized carbons (Fsp3) is 0.671. The first-order valence-corrected chi connectivity index (χ1v) is 33.6. The number of hydrogen-bond donors (Lipinski definition) is 6. The molecular formula is C70H109N9O15. The number of aliphatic hydroxyl groups excluding tert-OH is 1. The quantitative estimate of drug-likeness (QED) is 0.0219. The van der Waals surface area contributed by atoms with Gasteiger partial charge in [0.2, 0.25) is 35.4 Å². The molecule has 0 radical (unpaired) electrons. The molecule has 2 aliphatic heterocycles. The second-order valence-electron chi connectivity index (χ2n) is 26.8. The molecule has 2 aromatic rings. The first kappa shape index (κ1) is 79.1. The number of primary amides is 1. The van der Waals surface area contributed by atoms with Gasteiger partial charge in [-0.05, 0) is 85.5 Å². The minimum atomic E-state index is -1.43. The van der Waals surface area contributed by atoms with E-state index in [1.165, 1.54) is 31.1 Å². The van der Waals surface area contributed by atoms with Crippen LogP contribution in [0.5, 0.6) is 0 Å². The van der Waals surface area contributed by atoms with Crippen LogP contribution in [0.4, 0.5) is 15.3 Å². The molecule has 2 fully saturated rings. The number of urea groups is 1. The number of nitrogens with one attached hydrogen (secondary N) is 4. The third-order valence-electron chi connectivity index (χ3n) is 18.7. The van der Waals surface area contributed by atoms with Crippen molar-refractivity contribution in [2.24, 2.45) is 53.1 Å². The molecule has 2 unspecified atom stereocenters. The Morgan fingerprint density at radius 3 is 2.00 bits per heavy atom. The number of nitrogens with zero attached hydrogens (tertiary/aromatic N) is 4. The Labute approximate surface area is 556 Å². The van der Waals surface area contributed by atoms with Gasteiger partial charge in [-0.3, -0.25) is 48.1 Å². The minimum Gasteiger partial charge on any atom is -0.445 e. The Hall–Kier alpha value is -7.31. The van der Waals surface area contributed by atoms with Gasteiger partial charge >= 0.3 is 12.1 Å². The standard InChI is InChI=1S/C70H109N9O15/c1-15-45(8)63(56(92-13)40-60(84)78-35-23-27-53(78)47(10)64(85)66(87)75-58(93-14)37-48-24-18-16-19-25-48)76(11)68(89)52(42(2)3)39-55(81)62(44(6)7)77(12)70(91)94-41-49-29-31-51(32-30-49)73-65(86)50(26-22-33-72-69(71)90)38-54(80)61(43(4)5)74-57(82)28-20-17-21-34-79-59(83)36-46(9)67(79)88/h16,18-19,24-25,29-32,42-47,50,52-53,56,58,61-64,85H,15,17,20-23,26-28,33-41H2,1-14H3,(H,73,86)(H,74,82)(H,75,87)(H3,71,72,90)/t45-,46?,47-,50+,52-,53-,56+,58?,61-,62-,63-,64+/m0/s1. The molecule has 2 aromatic carbocycles. The Kier molecular flexibility index (Phi) is 32.7. The van der Waals surface area contributed by atoms with Gasteiger partial charge in [-0.2, -0.15) is 0 Å². The van der Waals surface area contributed by atoms with E-state index in [9.17, 15) is 57.8 Å². The van der Waals surface area contributed by atoms with Crippen molar-refractivity contribution in [3.63, 3.8) is 0 Å². The summed E-state index contributed by atoms with van der Waals surface area (Å²) in [6.07, 6.45) is 0.655. The Balaban J connectivity index is 1.36. The van der Waals surface area contributed by atoms with E-state index in [-0.39, 0.29) is 122 Å². The third-order valence-corrected chi connectivity index (χ3v) is 18.7. The summed E-state index contributed by atoms with van der Waals surface area (Å²) in [5.41, 5.74) is 7.16. The van der Waals surface area contributed by atoms with Crippen molar-refractivity contribution >= 4 is 70.7 Å². The normalized spacial score (nSPS) is 18.1. The van der Waals surface area contributed by atoms with Crippen LogP contribution in [0.1, 0.15) is 164 Å². The maximum absolute atomic E-state index is 14.8. The van der Waals surface area contributed by atoms with Gasteiger partial charge < -0.3 is 61.0 Å². The van der Waals surface area contributed by atoms with Crippen molar-refractivity contribution in [2.75, 3.05) is 53.3 Å². The van der Waals surface area contributed by atoms with Crippen molar-refractivity contribution in [2.45, 2.75) is 208 Å². The molecule has 0 aromatic heterocycles. The maximum Gasteiger partial charge on any atom is 0.410 e. The van der Waals surface area contributed by atoms with E-state index < -0.39 is 84.3 Å². The average Bonchev–Trinajstić information content (AvgIpc) is 1.42. The molecule has 4 rings (SSSR count). The second-order valence-corrected chi connectivity index (χ2v) is 26.8. The summed E-state index contributed by atoms with van der Waals surface area (Å²) in [5, 5.41) is 22.4. The number of carbonyl (C=O) groups excluding carboxylic acids is 11. The van der Waals surface area contributed by atoms with Crippen LogP contribution >= 0.6 is 0 Å². The van der Waals surface area contributed by atoms with Crippen LogP contribution in [0, 0.1) is 47.3 Å². The Morgan fingerprint density at radius 2 is 1.43 bits per heavy atom. The van der Waals surface area contributed by atoms with Gasteiger partial charge in [0.15, 0.2) is 11.6 Å². The number of rotatable bonds is 40. The number of likely N-dealkylation sites (tertiary alicyclic amines) is 2. The molecular weight excluding hydrogens is 1210 g/mol. The summed E-state index contributed by atoms with van der Waals surface area (Å²) in [6, 6.07) is 12.4. The number of likely N-dealkylation sites (N-methyl/N-ethyl adjacent to an activating group) is 2. The zero-order valence-corrected chi connectivity index (χ0v) is 58.1. The van der Waals surface area contributed by atoms with Crippen LogP contribution < -0.4 is 27.0 Å². The molecule has 524 valence electrons. The number of methoxy groups -OCH3 is 2. The fourth-order valence-electron chi connectivity index (χ4n) is 12.8. The van der Waals surface area contributed by atoms with Gasteiger partial charge in [-0.25, -0.2) is 9.59 Å². The van der Waals surface area contributed by atoms with Crippen LogP contribution in [0.3, 0.4) is 0 Å². The van der Waals surface area contributed by atoms with Crippen molar-refractivity contribution < 1.29 is 72.1 Å². The van der Waals surface area contributed by atoms with Crippen molar-refractivity contribution in [3.8, 4) is 0 Å². The first-order chi connectivity index (χ1) is 44.4. The monoisotopic (exact) mass is 1320 g/mol. The maximum atomic E-state index is 14.8. The molecule has 0 aliphatic carbocycles. The SMILES string of the molecule is CC[C@H](C)[C@@H]([C@@H](CC(=O)N1CCC[C@H]1[C@H](C)[C@@H](O)C(=O)NC(Cc1ccccc1)OC)OC)N(C)C(=O)[C@@H](CC(=O)[C@H](C(C)C)N(C)C(=O)OCc1ccc(NC(=O)[C@H](CCCNC(N)=O)CC(=O)[C@@H](NC(=O)CCCCCN2C(=O)CC(C)C2=O)C(C)C)cc1)C(C)C. The second kappa shape index (κ2) is 38.9.